The van der Waals surface area contributed by atoms with Gasteiger partial charge in [-0.15, -0.1) is 0 Å². The lowest BCUT2D eigenvalue weighted by Crippen LogP contribution is -2.44. The number of rotatable bonds is 4. The smallest absolute Gasteiger partial charge is 0.138 e. The van der Waals surface area contributed by atoms with Crippen LogP contribution in [0.15, 0.2) is 42.6 Å². The molecule has 2 atom stereocenters. The number of nitrogens with one attached hydrogen (secondary N) is 1. The topological polar surface area (TPSA) is 50.4 Å². The van der Waals surface area contributed by atoms with Gasteiger partial charge in [0.1, 0.15) is 11.4 Å². The first-order valence-corrected chi connectivity index (χ1v) is 9.12. The Hall–Kier alpha value is -2.37. The van der Waals surface area contributed by atoms with Gasteiger partial charge in [0.2, 0.25) is 0 Å². The number of ether oxygens (including phenoxy) is 2. The zero-order chi connectivity index (χ0) is 18.1. The predicted octanol–water partition coefficient (Wildman–Crippen LogP) is 3.85. The van der Waals surface area contributed by atoms with Gasteiger partial charge in [-0.25, -0.2) is 4.98 Å². The number of H-pyrrole nitrogens is 1. The molecule has 1 aromatic carbocycles. The molecular formula is C21H25N3O2. The first-order valence-electron chi connectivity index (χ1n) is 9.12. The summed E-state index contributed by atoms with van der Waals surface area (Å²) in [6.07, 6.45) is 2.34. The van der Waals surface area contributed by atoms with Crippen LogP contribution in [0.2, 0.25) is 0 Å². The molecule has 1 N–H and O–H groups in total. The zero-order valence-electron chi connectivity index (χ0n) is 15.5. The van der Waals surface area contributed by atoms with Crippen molar-refractivity contribution in [2.75, 3.05) is 20.2 Å². The monoisotopic (exact) mass is 351 g/mol. The van der Waals surface area contributed by atoms with Crippen LogP contribution >= 0.6 is 0 Å². The van der Waals surface area contributed by atoms with E-state index in [1.807, 2.05) is 24.4 Å². The second-order valence-corrected chi connectivity index (χ2v) is 7.06. The van der Waals surface area contributed by atoms with Gasteiger partial charge in [-0.3, -0.25) is 4.90 Å². The maximum absolute atomic E-state index is 5.89. The van der Waals surface area contributed by atoms with Gasteiger partial charge >= 0.3 is 0 Å². The van der Waals surface area contributed by atoms with Crippen LogP contribution in [0.4, 0.5) is 0 Å². The van der Waals surface area contributed by atoms with Crippen molar-refractivity contribution < 1.29 is 9.47 Å². The lowest BCUT2D eigenvalue weighted by atomic mass is 10.0. The Labute approximate surface area is 153 Å². The molecule has 3 aromatic rings. The van der Waals surface area contributed by atoms with Gasteiger partial charge < -0.3 is 14.5 Å². The Bertz CT molecular complexity index is 878. The van der Waals surface area contributed by atoms with Crippen molar-refractivity contribution in [1.82, 2.24) is 14.9 Å². The van der Waals surface area contributed by atoms with Gasteiger partial charge in [-0.05, 0) is 55.8 Å². The summed E-state index contributed by atoms with van der Waals surface area (Å²) in [4.78, 5) is 10.5. The third kappa shape index (κ3) is 3.32. The minimum absolute atomic E-state index is 0.256. The second kappa shape index (κ2) is 7.09. The Kier molecular flexibility index (Phi) is 4.66. The van der Waals surface area contributed by atoms with Crippen LogP contribution in [0.25, 0.3) is 22.3 Å². The van der Waals surface area contributed by atoms with E-state index in [1.54, 1.807) is 7.11 Å². The number of nitrogens with zero attached hydrogens (tertiary/aromatic N) is 2. The number of morpholine rings is 1. The minimum Gasteiger partial charge on any atom is -0.497 e. The Morgan fingerprint density at radius 1 is 1.15 bits per heavy atom. The molecule has 0 bridgehead atoms. The molecule has 0 aliphatic carbocycles. The van der Waals surface area contributed by atoms with E-state index in [0.717, 1.165) is 42.3 Å². The zero-order valence-corrected chi connectivity index (χ0v) is 15.5. The van der Waals surface area contributed by atoms with E-state index in [-0.39, 0.29) is 12.2 Å². The summed E-state index contributed by atoms with van der Waals surface area (Å²) in [6.45, 7) is 7.05. The average Bonchev–Trinajstić information content (AvgIpc) is 2.99. The van der Waals surface area contributed by atoms with Crippen LogP contribution in [0, 0.1) is 0 Å². The van der Waals surface area contributed by atoms with Crippen molar-refractivity contribution in [3.05, 3.63) is 48.2 Å². The maximum Gasteiger partial charge on any atom is 0.138 e. The molecule has 1 aliphatic heterocycles. The van der Waals surface area contributed by atoms with Crippen molar-refractivity contribution >= 4 is 11.0 Å². The summed E-state index contributed by atoms with van der Waals surface area (Å²) in [7, 11) is 1.69. The predicted molar refractivity (Wildman–Crippen MR) is 103 cm³/mol. The van der Waals surface area contributed by atoms with Crippen molar-refractivity contribution in [3.63, 3.8) is 0 Å². The molecule has 1 saturated heterocycles. The molecule has 2 aromatic heterocycles. The third-order valence-corrected chi connectivity index (χ3v) is 4.93. The first-order chi connectivity index (χ1) is 12.6. The summed E-state index contributed by atoms with van der Waals surface area (Å²) >= 11 is 0. The van der Waals surface area contributed by atoms with E-state index in [1.165, 1.54) is 10.9 Å². The van der Waals surface area contributed by atoms with Gasteiger partial charge in [0.15, 0.2) is 0 Å². The molecule has 26 heavy (non-hydrogen) atoms. The summed E-state index contributed by atoms with van der Waals surface area (Å²) in [6, 6.07) is 12.3. The highest BCUT2D eigenvalue weighted by molar-refractivity contribution is 5.88. The van der Waals surface area contributed by atoms with E-state index < -0.39 is 0 Å². The fourth-order valence-electron chi connectivity index (χ4n) is 3.88. The Balaban J connectivity index is 1.74. The molecule has 0 saturated carbocycles. The highest BCUT2D eigenvalue weighted by Crippen LogP contribution is 2.32. The number of aromatic amines is 1. The molecule has 1 fully saturated rings. The molecule has 4 rings (SSSR count). The fraction of sp³-hybridized carbons (Fsp3) is 0.381. The lowest BCUT2D eigenvalue weighted by Gasteiger charge is -2.35. The molecule has 0 amide bonds. The number of fused-ring (bicyclic) bond motifs is 1. The van der Waals surface area contributed by atoms with Crippen LogP contribution < -0.4 is 4.74 Å². The first kappa shape index (κ1) is 17.1. The molecule has 5 nitrogen and oxygen atoms in total. The van der Waals surface area contributed by atoms with Gasteiger partial charge in [-0.1, -0.05) is 0 Å². The Morgan fingerprint density at radius 2 is 1.88 bits per heavy atom. The number of hydrogen-bond acceptors (Lipinski definition) is 4. The second-order valence-electron chi connectivity index (χ2n) is 7.06. The average molecular weight is 351 g/mol. The largest absolute Gasteiger partial charge is 0.497 e. The SMILES string of the molecule is COc1ccc(-c2[nH]c3ncccc3c2CN2CC(C)OC(C)C2)cc1. The highest BCUT2D eigenvalue weighted by Gasteiger charge is 2.24. The summed E-state index contributed by atoms with van der Waals surface area (Å²) < 4.78 is 11.2. The molecule has 0 spiro atoms. The van der Waals surface area contributed by atoms with Crippen molar-refractivity contribution in [2.24, 2.45) is 0 Å². The minimum atomic E-state index is 0.256. The fourth-order valence-corrected chi connectivity index (χ4v) is 3.88. The van der Waals surface area contributed by atoms with Crippen LogP contribution in [0.5, 0.6) is 5.75 Å². The van der Waals surface area contributed by atoms with E-state index in [0.29, 0.717) is 0 Å². The van der Waals surface area contributed by atoms with Gasteiger partial charge in [0.25, 0.3) is 0 Å². The standard InChI is InChI=1S/C21H25N3O2/c1-14-11-24(12-15(2)26-14)13-19-18-5-4-10-22-21(18)23-20(19)16-6-8-17(25-3)9-7-16/h4-10,14-15H,11-13H2,1-3H3,(H,22,23). The van der Waals surface area contributed by atoms with E-state index >= 15 is 0 Å². The van der Waals surface area contributed by atoms with Crippen LogP contribution in [-0.4, -0.2) is 47.3 Å². The number of hydrogen-bond donors (Lipinski definition) is 1. The van der Waals surface area contributed by atoms with Crippen LogP contribution in [0.1, 0.15) is 19.4 Å². The number of benzene rings is 1. The molecule has 5 heteroatoms. The number of methoxy groups -OCH3 is 1. The van der Waals surface area contributed by atoms with E-state index in [2.05, 4.69) is 46.9 Å². The third-order valence-electron chi connectivity index (χ3n) is 4.93. The molecule has 3 heterocycles. The van der Waals surface area contributed by atoms with Gasteiger partial charge in [0, 0.05) is 36.8 Å². The Morgan fingerprint density at radius 3 is 2.58 bits per heavy atom. The molecule has 1 aliphatic rings. The van der Waals surface area contributed by atoms with Crippen LogP contribution in [0.3, 0.4) is 0 Å². The summed E-state index contributed by atoms with van der Waals surface area (Å²) in [5.41, 5.74) is 4.50. The van der Waals surface area contributed by atoms with Gasteiger partial charge in [0.05, 0.1) is 25.0 Å². The normalized spacial score (nSPS) is 21.2. The maximum atomic E-state index is 5.89. The van der Waals surface area contributed by atoms with E-state index in [9.17, 15) is 0 Å². The molecule has 0 radical (unpaired) electrons. The highest BCUT2D eigenvalue weighted by atomic mass is 16.5. The number of pyridine rings is 1. The summed E-state index contributed by atoms with van der Waals surface area (Å²) in [5.74, 6) is 0.861. The number of aromatic nitrogens is 2. The van der Waals surface area contributed by atoms with Crippen molar-refractivity contribution in [2.45, 2.75) is 32.6 Å². The summed E-state index contributed by atoms with van der Waals surface area (Å²) in [5, 5.41) is 1.19. The van der Waals surface area contributed by atoms with Crippen LogP contribution in [-0.2, 0) is 11.3 Å². The van der Waals surface area contributed by atoms with E-state index in [4.69, 9.17) is 9.47 Å². The van der Waals surface area contributed by atoms with Gasteiger partial charge in [-0.2, -0.15) is 0 Å². The molecule has 136 valence electrons. The van der Waals surface area contributed by atoms with Crippen molar-refractivity contribution in [3.8, 4) is 17.0 Å². The lowest BCUT2D eigenvalue weighted by molar-refractivity contribution is -0.0703. The quantitative estimate of drug-likeness (QED) is 0.776. The molecule has 2 unspecified atom stereocenters. The van der Waals surface area contributed by atoms with Crippen molar-refractivity contribution in [1.29, 1.82) is 0 Å². The molecular weight excluding hydrogens is 326 g/mol.